The van der Waals surface area contributed by atoms with E-state index in [-0.39, 0.29) is 29.4 Å². The van der Waals surface area contributed by atoms with Crippen LogP contribution in [0.2, 0.25) is 0 Å². The van der Waals surface area contributed by atoms with E-state index < -0.39 is 0 Å². The molecule has 1 unspecified atom stereocenters. The Balaban J connectivity index is 1.44. The lowest BCUT2D eigenvalue weighted by Gasteiger charge is -2.35. The monoisotopic (exact) mass is 393 g/mol. The molecule has 3 N–H and O–H groups in total. The maximum Gasteiger partial charge on any atom is 0.330 e. The SMILES string of the molecule is O=C(NCC1CCCCN1C(=O)c1cc2cccn2c(=O)[nH]1)Nc1ccccc1. The summed E-state index contributed by atoms with van der Waals surface area (Å²) >= 11 is 0. The number of benzene rings is 1. The summed E-state index contributed by atoms with van der Waals surface area (Å²) in [5.74, 6) is -0.222. The van der Waals surface area contributed by atoms with Gasteiger partial charge in [-0.2, -0.15) is 0 Å². The minimum Gasteiger partial charge on any atom is -0.336 e. The van der Waals surface area contributed by atoms with Crippen LogP contribution in [0.15, 0.2) is 59.5 Å². The van der Waals surface area contributed by atoms with Crippen molar-refractivity contribution in [3.8, 4) is 0 Å². The van der Waals surface area contributed by atoms with Crippen molar-refractivity contribution in [3.63, 3.8) is 0 Å². The molecular formula is C21H23N5O3. The Morgan fingerprint density at radius 1 is 1.10 bits per heavy atom. The van der Waals surface area contributed by atoms with E-state index in [0.29, 0.717) is 24.3 Å². The largest absolute Gasteiger partial charge is 0.336 e. The molecule has 8 nitrogen and oxygen atoms in total. The van der Waals surface area contributed by atoms with Crippen LogP contribution in [0.5, 0.6) is 0 Å². The molecule has 0 radical (unpaired) electrons. The fraction of sp³-hybridized carbons (Fsp3) is 0.286. The highest BCUT2D eigenvalue weighted by Gasteiger charge is 2.28. The topological polar surface area (TPSA) is 98.7 Å². The van der Waals surface area contributed by atoms with Crippen LogP contribution < -0.4 is 16.3 Å². The molecule has 150 valence electrons. The molecular weight excluding hydrogens is 370 g/mol. The molecule has 1 atom stereocenters. The number of aromatic amines is 1. The average molecular weight is 393 g/mol. The molecule has 0 saturated carbocycles. The van der Waals surface area contributed by atoms with E-state index in [2.05, 4.69) is 15.6 Å². The molecule has 4 rings (SSSR count). The summed E-state index contributed by atoms with van der Waals surface area (Å²) in [7, 11) is 0. The molecule has 1 aliphatic heterocycles. The maximum atomic E-state index is 13.1. The van der Waals surface area contributed by atoms with E-state index in [0.717, 1.165) is 19.3 Å². The van der Waals surface area contributed by atoms with Crippen LogP contribution in [0.3, 0.4) is 0 Å². The molecule has 0 aliphatic carbocycles. The van der Waals surface area contributed by atoms with Gasteiger partial charge in [0.05, 0.1) is 5.52 Å². The first kappa shape index (κ1) is 18.8. The summed E-state index contributed by atoms with van der Waals surface area (Å²) in [6, 6.07) is 14.0. The van der Waals surface area contributed by atoms with E-state index in [4.69, 9.17) is 0 Å². The van der Waals surface area contributed by atoms with Crippen LogP contribution in [-0.4, -0.2) is 45.4 Å². The molecule has 3 amide bonds. The normalized spacial score (nSPS) is 16.6. The number of amides is 3. The molecule has 3 heterocycles. The summed E-state index contributed by atoms with van der Waals surface area (Å²) in [5, 5.41) is 5.63. The lowest BCUT2D eigenvalue weighted by atomic mass is 10.0. The molecule has 1 saturated heterocycles. The van der Waals surface area contributed by atoms with Gasteiger partial charge in [0.1, 0.15) is 5.69 Å². The van der Waals surface area contributed by atoms with Gasteiger partial charge >= 0.3 is 11.7 Å². The fourth-order valence-electron chi connectivity index (χ4n) is 3.71. The number of nitrogens with zero attached hydrogens (tertiary/aromatic N) is 2. The molecule has 8 heteroatoms. The lowest BCUT2D eigenvalue weighted by Crippen LogP contribution is -2.50. The van der Waals surface area contributed by atoms with Gasteiger partial charge in [-0.15, -0.1) is 0 Å². The predicted molar refractivity (Wildman–Crippen MR) is 110 cm³/mol. The summed E-state index contributed by atoms with van der Waals surface area (Å²) in [5.41, 5.74) is 1.30. The number of rotatable bonds is 4. The van der Waals surface area contributed by atoms with E-state index in [9.17, 15) is 14.4 Å². The van der Waals surface area contributed by atoms with Gasteiger partial charge < -0.3 is 20.5 Å². The highest BCUT2D eigenvalue weighted by atomic mass is 16.2. The lowest BCUT2D eigenvalue weighted by molar-refractivity contribution is 0.0609. The fourth-order valence-corrected chi connectivity index (χ4v) is 3.71. The van der Waals surface area contributed by atoms with Gasteiger partial charge in [0.25, 0.3) is 5.91 Å². The Hall–Kier alpha value is -3.55. The van der Waals surface area contributed by atoms with Gasteiger partial charge in [-0.05, 0) is 49.6 Å². The van der Waals surface area contributed by atoms with Gasteiger partial charge in [-0.25, -0.2) is 9.59 Å². The van der Waals surface area contributed by atoms with Crippen LogP contribution in [0, 0.1) is 0 Å². The van der Waals surface area contributed by atoms with Crippen molar-refractivity contribution in [2.75, 3.05) is 18.4 Å². The van der Waals surface area contributed by atoms with Crippen molar-refractivity contribution in [1.82, 2.24) is 19.6 Å². The Bertz CT molecular complexity index is 1070. The third kappa shape index (κ3) is 4.16. The Kier molecular flexibility index (Phi) is 5.33. The van der Waals surface area contributed by atoms with Crippen molar-refractivity contribution in [3.05, 3.63) is 70.9 Å². The zero-order chi connectivity index (χ0) is 20.2. The minimum absolute atomic E-state index is 0.121. The number of likely N-dealkylation sites (tertiary alicyclic amines) is 1. The maximum absolute atomic E-state index is 13.1. The zero-order valence-electron chi connectivity index (χ0n) is 15.9. The van der Waals surface area contributed by atoms with Crippen LogP contribution in [0.4, 0.5) is 10.5 Å². The van der Waals surface area contributed by atoms with E-state index in [1.165, 1.54) is 4.40 Å². The van der Waals surface area contributed by atoms with E-state index in [1.807, 2.05) is 30.3 Å². The van der Waals surface area contributed by atoms with Gasteiger partial charge in [-0.3, -0.25) is 9.20 Å². The second kappa shape index (κ2) is 8.22. The number of hydrogen-bond acceptors (Lipinski definition) is 3. The van der Waals surface area contributed by atoms with Crippen molar-refractivity contribution in [2.45, 2.75) is 25.3 Å². The first-order chi connectivity index (χ1) is 14.1. The van der Waals surface area contributed by atoms with Crippen LogP contribution in [-0.2, 0) is 0 Å². The van der Waals surface area contributed by atoms with Crippen LogP contribution in [0.25, 0.3) is 5.52 Å². The second-order valence-corrected chi connectivity index (χ2v) is 7.14. The number of anilines is 1. The third-order valence-corrected chi connectivity index (χ3v) is 5.18. The highest BCUT2D eigenvalue weighted by molar-refractivity contribution is 5.94. The number of nitrogens with one attached hydrogen (secondary N) is 3. The minimum atomic E-state index is -0.343. The van der Waals surface area contributed by atoms with Crippen molar-refractivity contribution >= 4 is 23.1 Å². The van der Waals surface area contributed by atoms with E-state index in [1.54, 1.807) is 29.3 Å². The van der Waals surface area contributed by atoms with Gasteiger partial charge in [0.2, 0.25) is 0 Å². The number of para-hydroxylation sites is 1. The highest BCUT2D eigenvalue weighted by Crippen LogP contribution is 2.19. The molecule has 0 spiro atoms. The summed E-state index contributed by atoms with van der Waals surface area (Å²) in [6.07, 6.45) is 4.34. The number of H-pyrrole nitrogens is 1. The predicted octanol–water partition coefficient (Wildman–Crippen LogP) is 2.44. The number of carbonyl (C=O) groups excluding carboxylic acids is 2. The van der Waals surface area contributed by atoms with Crippen LogP contribution in [0.1, 0.15) is 29.8 Å². The Labute approximate surface area is 167 Å². The summed E-state index contributed by atoms with van der Waals surface area (Å²) in [6.45, 7) is 0.946. The number of urea groups is 1. The van der Waals surface area contributed by atoms with Crippen molar-refractivity contribution < 1.29 is 9.59 Å². The van der Waals surface area contributed by atoms with Gasteiger partial charge in [0, 0.05) is 31.0 Å². The summed E-state index contributed by atoms with van der Waals surface area (Å²) in [4.78, 5) is 41.9. The molecule has 1 fully saturated rings. The van der Waals surface area contributed by atoms with Crippen LogP contribution >= 0.6 is 0 Å². The Morgan fingerprint density at radius 3 is 2.76 bits per heavy atom. The molecule has 29 heavy (non-hydrogen) atoms. The number of fused-ring (bicyclic) bond motifs is 1. The number of hydrogen-bond donors (Lipinski definition) is 3. The smallest absolute Gasteiger partial charge is 0.330 e. The molecule has 2 aromatic heterocycles. The second-order valence-electron chi connectivity index (χ2n) is 7.14. The van der Waals surface area contributed by atoms with Crippen molar-refractivity contribution in [1.29, 1.82) is 0 Å². The quantitative estimate of drug-likeness (QED) is 0.635. The molecule has 0 bridgehead atoms. The Morgan fingerprint density at radius 2 is 1.93 bits per heavy atom. The average Bonchev–Trinajstić information content (AvgIpc) is 3.22. The molecule has 1 aliphatic rings. The zero-order valence-corrected chi connectivity index (χ0v) is 15.9. The van der Waals surface area contributed by atoms with E-state index >= 15 is 0 Å². The third-order valence-electron chi connectivity index (χ3n) is 5.18. The standard InChI is InChI=1S/C21H23N5O3/c27-19(18-13-16-10-6-12-26(16)21(29)24-18)25-11-5-4-9-17(25)14-22-20(28)23-15-7-2-1-3-8-15/h1-3,6-8,10,12-13,17H,4-5,9,11,14H2,(H,24,29)(H2,22,23,28). The first-order valence-electron chi connectivity index (χ1n) is 9.73. The van der Waals surface area contributed by atoms with Crippen molar-refractivity contribution in [2.24, 2.45) is 0 Å². The summed E-state index contributed by atoms with van der Waals surface area (Å²) < 4.78 is 1.46. The molecule has 1 aromatic carbocycles. The van der Waals surface area contributed by atoms with Gasteiger partial charge in [-0.1, -0.05) is 18.2 Å². The first-order valence-corrected chi connectivity index (χ1v) is 9.73. The number of carbonyl (C=O) groups is 2. The number of aromatic nitrogens is 2. The molecule has 3 aromatic rings. The van der Waals surface area contributed by atoms with Gasteiger partial charge in [0.15, 0.2) is 0 Å². The number of piperidine rings is 1.